The van der Waals surface area contributed by atoms with Gasteiger partial charge in [0, 0.05) is 29.3 Å². The SMILES string of the molecule is CC1=C(C(=O)OC(C)C)[C@H](c2ccc(C)cc2)C2=C(CC(C)(C)CC2=O)N1. The van der Waals surface area contributed by atoms with Gasteiger partial charge in [0.1, 0.15) is 0 Å². The van der Waals surface area contributed by atoms with Gasteiger partial charge in [-0.1, -0.05) is 43.7 Å². The molecule has 0 saturated heterocycles. The molecule has 0 spiro atoms. The van der Waals surface area contributed by atoms with Crippen molar-refractivity contribution in [3.8, 4) is 0 Å². The van der Waals surface area contributed by atoms with Crippen molar-refractivity contribution in [1.82, 2.24) is 5.32 Å². The Hall–Kier alpha value is -2.36. The van der Waals surface area contributed by atoms with Crippen LogP contribution in [-0.4, -0.2) is 17.9 Å². The third-order valence-corrected chi connectivity index (χ3v) is 5.21. The van der Waals surface area contributed by atoms with E-state index in [9.17, 15) is 9.59 Å². The monoisotopic (exact) mass is 367 g/mol. The van der Waals surface area contributed by atoms with Gasteiger partial charge < -0.3 is 10.1 Å². The van der Waals surface area contributed by atoms with Crippen LogP contribution in [-0.2, 0) is 14.3 Å². The maximum absolute atomic E-state index is 13.1. The number of rotatable bonds is 3. The highest BCUT2D eigenvalue weighted by Crippen LogP contribution is 2.46. The van der Waals surface area contributed by atoms with Crippen LogP contribution < -0.4 is 5.32 Å². The number of esters is 1. The normalized spacial score (nSPS) is 21.9. The molecule has 1 atom stereocenters. The maximum atomic E-state index is 13.1. The Balaban J connectivity index is 2.15. The minimum absolute atomic E-state index is 0.0863. The van der Waals surface area contributed by atoms with Gasteiger partial charge in [-0.15, -0.1) is 0 Å². The molecule has 2 aliphatic rings. The fourth-order valence-electron chi connectivity index (χ4n) is 4.08. The highest BCUT2D eigenvalue weighted by atomic mass is 16.5. The van der Waals surface area contributed by atoms with E-state index in [2.05, 4.69) is 19.2 Å². The van der Waals surface area contributed by atoms with Gasteiger partial charge in [-0.2, -0.15) is 0 Å². The molecular formula is C23H29NO3. The van der Waals surface area contributed by atoms with Crippen molar-refractivity contribution in [3.05, 3.63) is 57.9 Å². The van der Waals surface area contributed by atoms with Crippen LogP contribution >= 0.6 is 0 Å². The average Bonchev–Trinajstić information content (AvgIpc) is 2.52. The van der Waals surface area contributed by atoms with Crippen LogP contribution in [0.15, 0.2) is 46.8 Å². The summed E-state index contributed by atoms with van der Waals surface area (Å²) in [6.45, 7) is 11.8. The molecule has 4 nitrogen and oxygen atoms in total. The molecule has 27 heavy (non-hydrogen) atoms. The number of hydrogen-bond donors (Lipinski definition) is 1. The Morgan fingerprint density at radius 2 is 1.78 bits per heavy atom. The van der Waals surface area contributed by atoms with E-state index in [-0.39, 0.29) is 29.2 Å². The quantitative estimate of drug-likeness (QED) is 0.796. The number of benzene rings is 1. The number of carbonyl (C=O) groups is 2. The topological polar surface area (TPSA) is 55.4 Å². The first-order valence-electron chi connectivity index (χ1n) is 9.60. The Kier molecular flexibility index (Phi) is 5.02. The van der Waals surface area contributed by atoms with Crippen molar-refractivity contribution in [2.45, 2.75) is 66.4 Å². The number of dihydropyridines is 1. The minimum Gasteiger partial charge on any atom is -0.460 e. The van der Waals surface area contributed by atoms with Crippen molar-refractivity contribution in [2.75, 3.05) is 0 Å². The number of ether oxygens (including phenoxy) is 1. The van der Waals surface area contributed by atoms with Crippen molar-refractivity contribution in [2.24, 2.45) is 5.41 Å². The molecule has 1 aliphatic carbocycles. The van der Waals surface area contributed by atoms with Crippen LogP contribution in [0.5, 0.6) is 0 Å². The first-order chi connectivity index (χ1) is 12.6. The molecule has 4 heteroatoms. The second-order valence-corrected chi connectivity index (χ2v) is 8.79. The molecule has 0 unspecified atom stereocenters. The lowest BCUT2D eigenvalue weighted by molar-refractivity contribution is -0.143. The number of allylic oxidation sites excluding steroid dienone is 3. The summed E-state index contributed by atoms with van der Waals surface area (Å²) >= 11 is 0. The number of aryl methyl sites for hydroxylation is 1. The van der Waals surface area contributed by atoms with Gasteiger partial charge in [-0.3, -0.25) is 4.79 Å². The molecule has 0 amide bonds. The summed E-state index contributed by atoms with van der Waals surface area (Å²) in [5.41, 5.74) is 4.99. The summed E-state index contributed by atoms with van der Waals surface area (Å²) in [5, 5.41) is 3.36. The molecule has 1 heterocycles. The first kappa shape index (κ1) is 19.4. The molecule has 1 N–H and O–H groups in total. The van der Waals surface area contributed by atoms with Crippen LogP contribution in [0, 0.1) is 12.3 Å². The summed E-state index contributed by atoms with van der Waals surface area (Å²) in [6, 6.07) is 8.07. The molecule has 144 valence electrons. The molecule has 0 radical (unpaired) electrons. The lowest BCUT2D eigenvalue weighted by Crippen LogP contribution is -2.39. The van der Waals surface area contributed by atoms with Crippen molar-refractivity contribution >= 4 is 11.8 Å². The van der Waals surface area contributed by atoms with Gasteiger partial charge >= 0.3 is 5.97 Å². The summed E-state index contributed by atoms with van der Waals surface area (Å²) < 4.78 is 5.52. The standard InChI is InChI=1S/C23H29NO3/c1-13(2)27-22(26)19-15(4)24-17-11-23(5,6)12-18(25)21(17)20(19)16-9-7-14(3)8-10-16/h7-10,13,20,24H,11-12H2,1-6H3/t20-/m0/s1. The molecular weight excluding hydrogens is 338 g/mol. The predicted octanol–water partition coefficient (Wildman–Crippen LogP) is 4.55. The number of ketones is 1. The third kappa shape index (κ3) is 3.85. The van der Waals surface area contributed by atoms with Gasteiger partial charge in [0.15, 0.2) is 5.78 Å². The van der Waals surface area contributed by atoms with Gasteiger partial charge in [-0.05, 0) is 45.1 Å². The maximum Gasteiger partial charge on any atom is 0.337 e. The van der Waals surface area contributed by atoms with E-state index in [0.717, 1.165) is 34.5 Å². The number of nitrogens with one attached hydrogen (secondary N) is 1. The molecule has 3 rings (SSSR count). The number of Topliss-reactive ketones (excluding diaryl/α,β-unsaturated/α-hetero) is 1. The Morgan fingerprint density at radius 3 is 2.37 bits per heavy atom. The first-order valence-corrected chi connectivity index (χ1v) is 9.60. The molecule has 0 fully saturated rings. The summed E-state index contributed by atoms with van der Waals surface area (Å²) in [6.07, 6.45) is 1.06. The fraction of sp³-hybridized carbons (Fsp3) is 0.478. The van der Waals surface area contributed by atoms with Gasteiger partial charge in [0.05, 0.1) is 11.7 Å². The lowest BCUT2D eigenvalue weighted by atomic mass is 9.68. The molecule has 1 aromatic rings. The van der Waals surface area contributed by atoms with Gasteiger partial charge in [-0.25, -0.2) is 4.79 Å². The van der Waals surface area contributed by atoms with Crippen molar-refractivity contribution < 1.29 is 14.3 Å². The fourth-order valence-corrected chi connectivity index (χ4v) is 4.08. The van der Waals surface area contributed by atoms with Gasteiger partial charge in [0.2, 0.25) is 0 Å². The molecule has 0 aromatic heterocycles. The zero-order valence-electron chi connectivity index (χ0n) is 17.1. The van der Waals surface area contributed by atoms with E-state index in [1.54, 1.807) is 0 Å². The molecule has 1 aromatic carbocycles. The summed E-state index contributed by atoms with van der Waals surface area (Å²) in [7, 11) is 0. The Bertz CT molecular complexity index is 841. The van der Waals surface area contributed by atoms with Crippen LogP contribution in [0.3, 0.4) is 0 Å². The third-order valence-electron chi connectivity index (χ3n) is 5.21. The van der Waals surface area contributed by atoms with Crippen LogP contribution in [0.1, 0.15) is 64.5 Å². The highest BCUT2D eigenvalue weighted by molar-refractivity contribution is 6.04. The van der Waals surface area contributed by atoms with E-state index >= 15 is 0 Å². The lowest BCUT2D eigenvalue weighted by Gasteiger charge is -2.39. The largest absolute Gasteiger partial charge is 0.460 e. The predicted molar refractivity (Wildman–Crippen MR) is 106 cm³/mol. The molecule has 0 saturated carbocycles. The van der Waals surface area contributed by atoms with Crippen molar-refractivity contribution in [3.63, 3.8) is 0 Å². The van der Waals surface area contributed by atoms with Crippen molar-refractivity contribution in [1.29, 1.82) is 0 Å². The van der Waals surface area contributed by atoms with E-state index in [4.69, 9.17) is 4.74 Å². The van der Waals surface area contributed by atoms with E-state index in [1.807, 2.05) is 52.0 Å². The van der Waals surface area contributed by atoms with Gasteiger partial charge in [0.25, 0.3) is 0 Å². The second-order valence-electron chi connectivity index (χ2n) is 8.79. The van der Waals surface area contributed by atoms with Crippen LogP contribution in [0.4, 0.5) is 0 Å². The zero-order valence-corrected chi connectivity index (χ0v) is 17.1. The second kappa shape index (κ2) is 6.99. The van der Waals surface area contributed by atoms with E-state index in [1.165, 1.54) is 0 Å². The Morgan fingerprint density at radius 1 is 1.15 bits per heavy atom. The van der Waals surface area contributed by atoms with Crippen LogP contribution in [0.2, 0.25) is 0 Å². The minimum atomic E-state index is -0.378. The van der Waals surface area contributed by atoms with Crippen LogP contribution in [0.25, 0.3) is 0 Å². The number of hydrogen-bond acceptors (Lipinski definition) is 4. The van der Waals surface area contributed by atoms with E-state index in [0.29, 0.717) is 12.0 Å². The average molecular weight is 367 g/mol. The summed E-state index contributed by atoms with van der Waals surface area (Å²) in [4.78, 5) is 26.0. The van der Waals surface area contributed by atoms with E-state index < -0.39 is 0 Å². The zero-order chi connectivity index (χ0) is 19.9. The summed E-state index contributed by atoms with van der Waals surface area (Å²) in [5.74, 6) is -0.622. The molecule has 1 aliphatic heterocycles. The Labute approximate surface area is 161 Å². The number of carbonyl (C=O) groups excluding carboxylic acids is 2. The molecule has 0 bridgehead atoms. The smallest absolute Gasteiger partial charge is 0.337 e. The highest BCUT2D eigenvalue weighted by Gasteiger charge is 2.43.